The van der Waals surface area contributed by atoms with Crippen LogP contribution in [0.5, 0.6) is 0 Å². The fourth-order valence-corrected chi connectivity index (χ4v) is 3.35. The minimum atomic E-state index is -0.462. The van der Waals surface area contributed by atoms with Gasteiger partial charge in [-0.1, -0.05) is 12.1 Å². The number of carbonyl (C=O) groups is 1. The molecule has 1 amide bonds. The predicted octanol–water partition coefficient (Wildman–Crippen LogP) is 4.02. The number of ether oxygens (including phenoxy) is 1. The lowest BCUT2D eigenvalue weighted by Gasteiger charge is -2.34. The number of nitrogens with zero attached hydrogens (tertiary/aromatic N) is 3. The first-order valence-corrected chi connectivity index (χ1v) is 10.2. The number of aromatic nitrogens is 2. The Morgan fingerprint density at radius 1 is 0.964 bits per heavy atom. The summed E-state index contributed by atoms with van der Waals surface area (Å²) in [7, 11) is 0. The normalized spacial score (nSPS) is 18.2. The molecule has 4 rings (SSSR count). The van der Waals surface area contributed by atoms with E-state index >= 15 is 0 Å². The summed E-state index contributed by atoms with van der Waals surface area (Å²) in [4.78, 5) is 23.6. The molecule has 1 saturated heterocycles. The van der Waals surface area contributed by atoms with Gasteiger partial charge in [-0.05, 0) is 58.6 Å². The second-order valence-electron chi connectivity index (χ2n) is 8.71. The molecular weight excluding hydrogens is 354 g/mol. The summed E-state index contributed by atoms with van der Waals surface area (Å²) in [5.74, 6) is 1.64. The second kappa shape index (κ2) is 7.45. The van der Waals surface area contributed by atoms with E-state index < -0.39 is 5.60 Å². The summed E-state index contributed by atoms with van der Waals surface area (Å²) in [6.45, 7) is 7.04. The maximum atomic E-state index is 12.3. The molecule has 2 N–H and O–H groups in total. The van der Waals surface area contributed by atoms with Crippen LogP contribution < -0.4 is 10.6 Å². The number of piperidine rings is 1. The minimum Gasteiger partial charge on any atom is -0.444 e. The predicted molar refractivity (Wildman–Crippen MR) is 111 cm³/mol. The molecule has 0 unspecified atom stereocenters. The summed E-state index contributed by atoms with van der Waals surface area (Å²) in [6.07, 6.45) is 3.85. The van der Waals surface area contributed by atoms with Crippen LogP contribution in [0.3, 0.4) is 0 Å². The molecule has 2 heterocycles. The van der Waals surface area contributed by atoms with Gasteiger partial charge in [-0.25, -0.2) is 14.8 Å². The third-order valence-electron chi connectivity index (χ3n) is 4.98. The van der Waals surface area contributed by atoms with E-state index in [-0.39, 0.29) is 12.1 Å². The zero-order chi connectivity index (χ0) is 19.7. The number of likely N-dealkylation sites (tertiary alicyclic amines) is 1. The van der Waals surface area contributed by atoms with Crippen LogP contribution in [0.1, 0.15) is 46.5 Å². The van der Waals surface area contributed by atoms with E-state index in [1.165, 1.54) is 12.8 Å². The van der Waals surface area contributed by atoms with Crippen molar-refractivity contribution < 1.29 is 9.53 Å². The number of carbonyl (C=O) groups excluding carboxylic acids is 1. The van der Waals surface area contributed by atoms with Gasteiger partial charge in [0.05, 0.1) is 11.0 Å². The first-order chi connectivity index (χ1) is 13.4. The average molecular weight is 383 g/mol. The smallest absolute Gasteiger partial charge is 0.410 e. The standard InChI is InChI=1S/C21H29N5O2/c1-21(2,3)28-20(27)26-12-10-15(11-13-26)23-19-18(22-14-8-9-14)24-16-6-4-5-7-17(16)25-19/h4-7,14-15H,8-13H2,1-3H3,(H,22,24)(H,23,25). The Labute approximate surface area is 165 Å². The number of hydrogen-bond donors (Lipinski definition) is 2. The van der Waals surface area contributed by atoms with Gasteiger partial charge in [0.1, 0.15) is 5.60 Å². The van der Waals surface area contributed by atoms with Crippen LogP contribution in [0, 0.1) is 0 Å². The molecule has 28 heavy (non-hydrogen) atoms. The molecule has 7 nitrogen and oxygen atoms in total. The van der Waals surface area contributed by atoms with E-state index in [0.717, 1.165) is 35.5 Å². The number of rotatable bonds is 4. The van der Waals surface area contributed by atoms with Crippen molar-refractivity contribution in [2.75, 3.05) is 23.7 Å². The van der Waals surface area contributed by atoms with Crippen molar-refractivity contribution in [3.63, 3.8) is 0 Å². The van der Waals surface area contributed by atoms with Gasteiger partial charge >= 0.3 is 6.09 Å². The van der Waals surface area contributed by atoms with Crippen molar-refractivity contribution in [1.29, 1.82) is 0 Å². The first kappa shape index (κ1) is 18.8. The molecule has 0 atom stereocenters. The van der Waals surface area contributed by atoms with Crippen molar-refractivity contribution in [1.82, 2.24) is 14.9 Å². The largest absolute Gasteiger partial charge is 0.444 e. The van der Waals surface area contributed by atoms with Crippen molar-refractivity contribution in [3.05, 3.63) is 24.3 Å². The van der Waals surface area contributed by atoms with Gasteiger partial charge in [0.25, 0.3) is 0 Å². The van der Waals surface area contributed by atoms with Crippen LogP contribution in [0.2, 0.25) is 0 Å². The van der Waals surface area contributed by atoms with Crippen molar-refractivity contribution in [3.8, 4) is 0 Å². The van der Waals surface area contributed by atoms with Gasteiger partial charge in [-0.15, -0.1) is 0 Å². The molecule has 0 bridgehead atoms. The third-order valence-corrected chi connectivity index (χ3v) is 4.98. The highest BCUT2D eigenvalue weighted by Crippen LogP contribution is 2.30. The lowest BCUT2D eigenvalue weighted by Crippen LogP contribution is -2.44. The molecule has 2 aromatic rings. The summed E-state index contributed by atoms with van der Waals surface area (Å²) < 4.78 is 5.48. The number of anilines is 2. The van der Waals surface area contributed by atoms with Gasteiger partial charge in [0.2, 0.25) is 0 Å². The average Bonchev–Trinajstić information content (AvgIpc) is 3.45. The van der Waals surface area contributed by atoms with Crippen molar-refractivity contribution in [2.24, 2.45) is 0 Å². The maximum Gasteiger partial charge on any atom is 0.410 e. The molecule has 1 aliphatic carbocycles. The number of fused-ring (bicyclic) bond motifs is 1. The fourth-order valence-electron chi connectivity index (χ4n) is 3.35. The lowest BCUT2D eigenvalue weighted by molar-refractivity contribution is 0.0210. The van der Waals surface area contributed by atoms with Gasteiger partial charge in [-0.3, -0.25) is 0 Å². The van der Waals surface area contributed by atoms with Crippen molar-refractivity contribution in [2.45, 2.75) is 64.1 Å². The van der Waals surface area contributed by atoms with E-state index in [1.807, 2.05) is 45.0 Å². The Bertz CT molecular complexity index is 851. The zero-order valence-electron chi connectivity index (χ0n) is 16.9. The third kappa shape index (κ3) is 4.64. The lowest BCUT2D eigenvalue weighted by atomic mass is 10.1. The quantitative estimate of drug-likeness (QED) is 0.830. The Morgan fingerprint density at radius 3 is 1.93 bits per heavy atom. The molecule has 0 spiro atoms. The Hall–Kier alpha value is -2.57. The number of benzene rings is 1. The van der Waals surface area contributed by atoms with Crippen molar-refractivity contribution >= 4 is 28.8 Å². The summed E-state index contributed by atoms with van der Waals surface area (Å²) >= 11 is 0. The molecule has 1 aromatic heterocycles. The van der Waals surface area contributed by atoms with Gasteiger partial charge in [0, 0.05) is 25.2 Å². The number of para-hydroxylation sites is 2. The van der Waals surface area contributed by atoms with E-state index in [1.54, 1.807) is 4.90 Å². The molecule has 1 aliphatic heterocycles. The van der Waals surface area contributed by atoms with E-state index in [2.05, 4.69) is 10.6 Å². The topological polar surface area (TPSA) is 79.4 Å². The molecule has 2 aliphatic rings. The van der Waals surface area contributed by atoms with Crippen LogP contribution in [0.4, 0.5) is 16.4 Å². The maximum absolute atomic E-state index is 12.3. The van der Waals surface area contributed by atoms with Crippen LogP contribution in [-0.2, 0) is 4.74 Å². The molecule has 1 aromatic carbocycles. The summed E-state index contributed by atoms with van der Waals surface area (Å²) in [5.41, 5.74) is 1.32. The number of hydrogen-bond acceptors (Lipinski definition) is 6. The van der Waals surface area contributed by atoms with Gasteiger partial charge in [-0.2, -0.15) is 0 Å². The summed E-state index contributed by atoms with van der Waals surface area (Å²) in [5, 5.41) is 7.07. The highest BCUT2D eigenvalue weighted by Gasteiger charge is 2.28. The molecular formula is C21H29N5O2. The van der Waals surface area contributed by atoms with Crippen LogP contribution in [0.25, 0.3) is 11.0 Å². The van der Waals surface area contributed by atoms with E-state index in [0.29, 0.717) is 19.1 Å². The van der Waals surface area contributed by atoms with Gasteiger partial charge in [0.15, 0.2) is 11.6 Å². The molecule has 1 saturated carbocycles. The Balaban J connectivity index is 1.43. The highest BCUT2D eigenvalue weighted by atomic mass is 16.6. The molecule has 0 radical (unpaired) electrons. The van der Waals surface area contributed by atoms with Crippen LogP contribution >= 0.6 is 0 Å². The fraction of sp³-hybridized carbons (Fsp3) is 0.571. The highest BCUT2D eigenvalue weighted by molar-refractivity contribution is 5.80. The van der Waals surface area contributed by atoms with E-state index in [9.17, 15) is 4.79 Å². The second-order valence-corrected chi connectivity index (χ2v) is 8.71. The van der Waals surface area contributed by atoms with Crippen LogP contribution in [0.15, 0.2) is 24.3 Å². The minimum absolute atomic E-state index is 0.229. The molecule has 150 valence electrons. The Kier molecular flexibility index (Phi) is 5.00. The van der Waals surface area contributed by atoms with Crippen LogP contribution in [-0.4, -0.2) is 51.7 Å². The monoisotopic (exact) mass is 383 g/mol. The number of nitrogens with one attached hydrogen (secondary N) is 2. The Morgan fingerprint density at radius 2 is 1.46 bits per heavy atom. The first-order valence-electron chi connectivity index (χ1n) is 10.2. The SMILES string of the molecule is CC(C)(C)OC(=O)N1CCC(Nc2nc3ccccc3nc2NC2CC2)CC1. The summed E-state index contributed by atoms with van der Waals surface area (Å²) in [6, 6.07) is 8.70. The van der Waals surface area contributed by atoms with Gasteiger partial charge < -0.3 is 20.3 Å². The molecule has 7 heteroatoms. The van der Waals surface area contributed by atoms with E-state index in [4.69, 9.17) is 14.7 Å². The zero-order valence-corrected chi connectivity index (χ0v) is 16.9. The number of amides is 1. The molecule has 2 fully saturated rings.